The number of halogens is 1. The number of rotatable bonds is 8. The van der Waals surface area contributed by atoms with Crippen LogP contribution in [0.1, 0.15) is 37.0 Å². The molecule has 0 aromatic heterocycles. The molecule has 2 aromatic carbocycles. The van der Waals surface area contributed by atoms with E-state index in [2.05, 4.69) is 55.1 Å². The zero-order valence-electron chi connectivity index (χ0n) is 14.1. The number of nitrogens with zero attached hydrogens (tertiary/aromatic N) is 1. The largest absolute Gasteiger partial charge is 0.326 e. The van der Waals surface area contributed by atoms with E-state index in [1.54, 1.807) is 0 Å². The van der Waals surface area contributed by atoms with E-state index in [0.29, 0.717) is 12.5 Å². The summed E-state index contributed by atoms with van der Waals surface area (Å²) in [6.45, 7) is 8.16. The van der Waals surface area contributed by atoms with Gasteiger partial charge in [-0.3, -0.25) is 4.90 Å². The van der Waals surface area contributed by atoms with E-state index in [4.69, 9.17) is 17.3 Å². The number of nitrogens with two attached hydrogens (primary N) is 1. The SMILES string of the molecule is CCC(C)CN(Cc1ccc(Cl)cc1)Cc1ccc(CN)cc1. The second kappa shape index (κ2) is 9.07. The molecular formula is C20H27ClN2. The predicted octanol–water partition coefficient (Wildman–Crippen LogP) is 4.85. The first-order valence-corrected chi connectivity index (χ1v) is 8.73. The van der Waals surface area contributed by atoms with Crippen molar-refractivity contribution in [3.8, 4) is 0 Å². The van der Waals surface area contributed by atoms with Crippen molar-refractivity contribution in [2.45, 2.75) is 39.9 Å². The standard InChI is InChI=1S/C20H27ClN2/c1-3-16(2)13-23(15-19-8-10-20(21)11-9-19)14-18-6-4-17(12-22)5-7-18/h4-11,16H,3,12-15,22H2,1-2H3. The van der Waals surface area contributed by atoms with E-state index in [1.165, 1.54) is 23.1 Å². The topological polar surface area (TPSA) is 29.3 Å². The van der Waals surface area contributed by atoms with Gasteiger partial charge in [0.15, 0.2) is 0 Å². The van der Waals surface area contributed by atoms with Crippen molar-refractivity contribution < 1.29 is 0 Å². The molecule has 1 atom stereocenters. The summed E-state index contributed by atoms with van der Waals surface area (Å²) in [6, 6.07) is 16.8. The molecule has 124 valence electrons. The zero-order chi connectivity index (χ0) is 16.7. The Morgan fingerprint density at radius 2 is 1.39 bits per heavy atom. The smallest absolute Gasteiger partial charge is 0.0406 e. The van der Waals surface area contributed by atoms with Crippen LogP contribution in [0.15, 0.2) is 48.5 Å². The van der Waals surface area contributed by atoms with E-state index >= 15 is 0 Å². The van der Waals surface area contributed by atoms with Crippen LogP contribution in [0.3, 0.4) is 0 Å². The molecule has 3 heteroatoms. The first kappa shape index (κ1) is 18.0. The fraction of sp³-hybridized carbons (Fsp3) is 0.400. The third-order valence-corrected chi connectivity index (χ3v) is 4.50. The Balaban J connectivity index is 2.07. The molecule has 0 bridgehead atoms. The van der Waals surface area contributed by atoms with Crippen molar-refractivity contribution in [2.24, 2.45) is 11.7 Å². The van der Waals surface area contributed by atoms with Crippen molar-refractivity contribution in [1.82, 2.24) is 4.90 Å². The average molecular weight is 331 g/mol. The maximum atomic E-state index is 5.99. The van der Waals surface area contributed by atoms with E-state index in [0.717, 1.165) is 24.7 Å². The summed E-state index contributed by atoms with van der Waals surface area (Å²) in [5, 5.41) is 0.791. The van der Waals surface area contributed by atoms with Crippen molar-refractivity contribution >= 4 is 11.6 Å². The molecule has 0 aliphatic carbocycles. The molecule has 0 radical (unpaired) electrons. The number of benzene rings is 2. The maximum absolute atomic E-state index is 5.99. The van der Waals surface area contributed by atoms with Gasteiger partial charge in [-0.15, -0.1) is 0 Å². The van der Waals surface area contributed by atoms with Gasteiger partial charge in [-0.1, -0.05) is 68.3 Å². The zero-order valence-corrected chi connectivity index (χ0v) is 14.9. The van der Waals surface area contributed by atoms with Gasteiger partial charge in [-0.05, 0) is 34.7 Å². The van der Waals surface area contributed by atoms with Gasteiger partial charge >= 0.3 is 0 Å². The molecule has 2 rings (SSSR count). The first-order valence-electron chi connectivity index (χ1n) is 8.35. The number of hydrogen-bond donors (Lipinski definition) is 1. The monoisotopic (exact) mass is 330 g/mol. The summed E-state index contributed by atoms with van der Waals surface area (Å²) in [5.74, 6) is 0.686. The predicted molar refractivity (Wildman–Crippen MR) is 99.4 cm³/mol. The molecule has 2 aromatic rings. The molecule has 0 aliphatic heterocycles. The quantitative estimate of drug-likeness (QED) is 0.749. The summed E-state index contributed by atoms with van der Waals surface area (Å²) in [4.78, 5) is 2.51. The van der Waals surface area contributed by atoms with Gasteiger partial charge in [0.05, 0.1) is 0 Å². The summed E-state index contributed by atoms with van der Waals surface area (Å²) >= 11 is 5.99. The van der Waals surface area contributed by atoms with Crippen molar-refractivity contribution in [3.63, 3.8) is 0 Å². The van der Waals surface area contributed by atoms with Gasteiger partial charge in [0.1, 0.15) is 0 Å². The summed E-state index contributed by atoms with van der Waals surface area (Å²) < 4.78 is 0. The van der Waals surface area contributed by atoms with Crippen LogP contribution < -0.4 is 5.73 Å². The van der Waals surface area contributed by atoms with Gasteiger partial charge in [0, 0.05) is 31.2 Å². The van der Waals surface area contributed by atoms with E-state index in [-0.39, 0.29) is 0 Å². The lowest BCUT2D eigenvalue weighted by Gasteiger charge is -2.25. The minimum atomic E-state index is 0.599. The highest BCUT2D eigenvalue weighted by Gasteiger charge is 2.11. The van der Waals surface area contributed by atoms with Crippen LogP contribution in [-0.2, 0) is 19.6 Å². The van der Waals surface area contributed by atoms with Crippen LogP contribution in [0.25, 0.3) is 0 Å². The Morgan fingerprint density at radius 3 is 1.87 bits per heavy atom. The van der Waals surface area contributed by atoms with Gasteiger partial charge in [-0.2, -0.15) is 0 Å². The van der Waals surface area contributed by atoms with Gasteiger partial charge in [0.2, 0.25) is 0 Å². The molecular weight excluding hydrogens is 304 g/mol. The minimum absolute atomic E-state index is 0.599. The molecule has 0 spiro atoms. The van der Waals surface area contributed by atoms with Crippen molar-refractivity contribution in [3.05, 3.63) is 70.2 Å². The molecule has 1 unspecified atom stereocenters. The van der Waals surface area contributed by atoms with E-state index in [9.17, 15) is 0 Å². The molecule has 0 amide bonds. The Kier molecular flexibility index (Phi) is 7.10. The highest BCUT2D eigenvalue weighted by atomic mass is 35.5. The summed E-state index contributed by atoms with van der Waals surface area (Å²) in [7, 11) is 0. The Hall–Kier alpha value is -1.35. The lowest BCUT2D eigenvalue weighted by atomic mass is 10.1. The third-order valence-electron chi connectivity index (χ3n) is 4.25. The molecule has 2 N–H and O–H groups in total. The van der Waals surface area contributed by atoms with Crippen molar-refractivity contribution in [1.29, 1.82) is 0 Å². The summed E-state index contributed by atoms with van der Waals surface area (Å²) in [5.41, 5.74) is 9.49. The fourth-order valence-electron chi connectivity index (χ4n) is 2.64. The maximum Gasteiger partial charge on any atom is 0.0406 e. The highest BCUT2D eigenvalue weighted by Crippen LogP contribution is 2.16. The molecule has 0 aliphatic rings. The third kappa shape index (κ3) is 5.98. The molecule has 2 nitrogen and oxygen atoms in total. The first-order chi connectivity index (χ1) is 11.1. The van der Waals surface area contributed by atoms with Gasteiger partial charge in [-0.25, -0.2) is 0 Å². The second-order valence-corrected chi connectivity index (χ2v) is 6.77. The lowest BCUT2D eigenvalue weighted by molar-refractivity contribution is 0.218. The van der Waals surface area contributed by atoms with Crippen LogP contribution in [0.5, 0.6) is 0 Å². The van der Waals surface area contributed by atoms with Crippen LogP contribution in [-0.4, -0.2) is 11.4 Å². The minimum Gasteiger partial charge on any atom is -0.326 e. The molecule has 0 saturated heterocycles. The molecule has 0 fully saturated rings. The van der Waals surface area contributed by atoms with Crippen LogP contribution in [0.2, 0.25) is 5.02 Å². The normalized spacial score (nSPS) is 12.6. The molecule has 0 heterocycles. The van der Waals surface area contributed by atoms with Gasteiger partial charge < -0.3 is 5.73 Å². The Labute approximate surface area is 145 Å². The van der Waals surface area contributed by atoms with Crippen LogP contribution in [0, 0.1) is 5.92 Å². The summed E-state index contributed by atoms with van der Waals surface area (Å²) in [6.07, 6.45) is 1.20. The fourth-order valence-corrected chi connectivity index (χ4v) is 2.77. The highest BCUT2D eigenvalue weighted by molar-refractivity contribution is 6.30. The Bertz CT molecular complexity index is 578. The van der Waals surface area contributed by atoms with Crippen LogP contribution >= 0.6 is 11.6 Å². The lowest BCUT2D eigenvalue weighted by Crippen LogP contribution is -2.27. The molecule has 23 heavy (non-hydrogen) atoms. The van der Waals surface area contributed by atoms with Crippen molar-refractivity contribution in [2.75, 3.05) is 6.54 Å². The van der Waals surface area contributed by atoms with E-state index < -0.39 is 0 Å². The van der Waals surface area contributed by atoms with Crippen LogP contribution in [0.4, 0.5) is 0 Å². The van der Waals surface area contributed by atoms with Gasteiger partial charge in [0.25, 0.3) is 0 Å². The Morgan fingerprint density at radius 1 is 0.913 bits per heavy atom. The second-order valence-electron chi connectivity index (χ2n) is 6.33. The number of hydrogen-bond acceptors (Lipinski definition) is 2. The molecule has 0 saturated carbocycles. The average Bonchev–Trinajstić information content (AvgIpc) is 2.57. The van der Waals surface area contributed by atoms with E-state index in [1.807, 2.05) is 12.1 Å².